The van der Waals surface area contributed by atoms with Crippen molar-refractivity contribution in [3.05, 3.63) is 24.0 Å². The van der Waals surface area contributed by atoms with E-state index in [-0.39, 0.29) is 13.2 Å². The molecule has 0 amide bonds. The van der Waals surface area contributed by atoms with Crippen molar-refractivity contribution in [2.45, 2.75) is 47.1 Å². The van der Waals surface area contributed by atoms with Crippen molar-refractivity contribution >= 4 is 5.97 Å². The lowest BCUT2D eigenvalue weighted by atomic mass is 10.1. The van der Waals surface area contributed by atoms with Gasteiger partial charge in [0.15, 0.2) is 0 Å². The molecule has 0 aliphatic rings. The summed E-state index contributed by atoms with van der Waals surface area (Å²) in [5, 5.41) is 20.2. The maximum atomic E-state index is 10.9. The first-order valence-electron chi connectivity index (χ1n) is 7.11. The van der Waals surface area contributed by atoms with E-state index in [0.29, 0.717) is 17.8 Å². The zero-order chi connectivity index (χ0) is 16.6. The molecular weight excluding hydrogens is 258 g/mol. The van der Waals surface area contributed by atoms with Gasteiger partial charge in [-0.05, 0) is 19.5 Å². The van der Waals surface area contributed by atoms with Crippen LogP contribution < -0.4 is 5.32 Å². The number of nitrogens with one attached hydrogen (secondary N) is 1. The second-order valence-corrected chi connectivity index (χ2v) is 3.13. The Morgan fingerprint density at radius 2 is 1.85 bits per heavy atom. The quantitative estimate of drug-likeness (QED) is 0.473. The standard InChI is InChI=1S/C11H19NO4.2C2H6/c1-4-5-9(16-7-6-13)8(2)10(12-3)11(14)15;2*1-2/h5,10,12-13H,2,4,6-7H2,1,3H3,(H,14,15);2*1-2H3/b9-5+;;. The molecule has 0 rings (SSSR count). The third-order valence-corrected chi connectivity index (χ3v) is 1.94. The fraction of sp³-hybridized carbons (Fsp3) is 0.667. The minimum absolute atomic E-state index is 0.119. The van der Waals surface area contributed by atoms with E-state index < -0.39 is 12.0 Å². The maximum Gasteiger partial charge on any atom is 0.325 e. The van der Waals surface area contributed by atoms with Crippen LogP contribution in [-0.4, -0.2) is 42.5 Å². The van der Waals surface area contributed by atoms with Crippen LogP contribution in [0.15, 0.2) is 24.0 Å². The van der Waals surface area contributed by atoms with Crippen molar-refractivity contribution in [2.75, 3.05) is 20.3 Å². The molecule has 0 heterocycles. The van der Waals surface area contributed by atoms with Crippen LogP contribution in [0.4, 0.5) is 0 Å². The molecule has 0 aliphatic heterocycles. The number of ether oxygens (including phenoxy) is 1. The van der Waals surface area contributed by atoms with Crippen LogP contribution in [0.3, 0.4) is 0 Å². The van der Waals surface area contributed by atoms with Crippen LogP contribution in [0.2, 0.25) is 0 Å². The molecule has 0 aromatic carbocycles. The van der Waals surface area contributed by atoms with E-state index in [9.17, 15) is 4.79 Å². The minimum Gasteiger partial charge on any atom is -0.491 e. The van der Waals surface area contributed by atoms with Gasteiger partial charge in [-0.2, -0.15) is 0 Å². The number of likely N-dealkylation sites (N-methyl/N-ethyl adjacent to an activating group) is 1. The van der Waals surface area contributed by atoms with Crippen molar-refractivity contribution < 1.29 is 19.7 Å². The van der Waals surface area contributed by atoms with Crippen LogP contribution in [0, 0.1) is 0 Å². The fourth-order valence-corrected chi connectivity index (χ4v) is 1.21. The van der Waals surface area contributed by atoms with Gasteiger partial charge >= 0.3 is 5.97 Å². The summed E-state index contributed by atoms with van der Waals surface area (Å²) in [5.74, 6) is -0.597. The highest BCUT2D eigenvalue weighted by Gasteiger charge is 2.22. The van der Waals surface area contributed by atoms with Crippen molar-refractivity contribution in [3.63, 3.8) is 0 Å². The van der Waals surface area contributed by atoms with E-state index in [4.69, 9.17) is 14.9 Å². The van der Waals surface area contributed by atoms with Crippen molar-refractivity contribution in [1.82, 2.24) is 5.32 Å². The van der Waals surface area contributed by atoms with Gasteiger partial charge in [0.1, 0.15) is 18.4 Å². The summed E-state index contributed by atoms with van der Waals surface area (Å²) in [6, 6.07) is -0.878. The summed E-state index contributed by atoms with van der Waals surface area (Å²) in [6.07, 6.45) is 2.45. The molecule has 1 unspecified atom stereocenters. The maximum absolute atomic E-state index is 10.9. The highest BCUT2D eigenvalue weighted by Crippen LogP contribution is 2.15. The molecule has 0 bridgehead atoms. The molecule has 0 saturated carbocycles. The number of aliphatic hydroxyl groups excluding tert-OH is 1. The number of aliphatic hydroxyl groups is 1. The number of carboxylic acid groups (broad SMARTS) is 1. The highest BCUT2D eigenvalue weighted by molar-refractivity contribution is 5.78. The van der Waals surface area contributed by atoms with Gasteiger partial charge in [0, 0.05) is 5.57 Å². The second kappa shape index (κ2) is 17.7. The molecule has 0 spiro atoms. The number of aliphatic carboxylic acids is 1. The van der Waals surface area contributed by atoms with E-state index in [1.807, 2.05) is 34.6 Å². The Labute approximate surface area is 123 Å². The average molecular weight is 289 g/mol. The Morgan fingerprint density at radius 3 is 2.15 bits per heavy atom. The Bertz CT molecular complexity index is 275. The fourth-order valence-electron chi connectivity index (χ4n) is 1.21. The summed E-state index contributed by atoms with van der Waals surface area (Å²) in [5.41, 5.74) is 0.352. The van der Waals surface area contributed by atoms with Gasteiger partial charge in [-0.25, -0.2) is 0 Å². The Hall–Kier alpha value is -1.33. The van der Waals surface area contributed by atoms with E-state index >= 15 is 0 Å². The van der Waals surface area contributed by atoms with Gasteiger partial charge in [0.2, 0.25) is 0 Å². The minimum atomic E-state index is -1.01. The third-order valence-electron chi connectivity index (χ3n) is 1.94. The van der Waals surface area contributed by atoms with Crippen molar-refractivity contribution in [1.29, 1.82) is 0 Å². The number of carboxylic acids is 1. The number of carbonyl (C=O) groups is 1. The van der Waals surface area contributed by atoms with E-state index in [2.05, 4.69) is 11.9 Å². The zero-order valence-corrected chi connectivity index (χ0v) is 13.7. The van der Waals surface area contributed by atoms with Crippen molar-refractivity contribution in [2.24, 2.45) is 0 Å². The lowest BCUT2D eigenvalue weighted by Gasteiger charge is -2.17. The first-order chi connectivity index (χ1) is 9.58. The monoisotopic (exact) mass is 289 g/mol. The Kier molecular flexibility index (Phi) is 21.0. The number of hydrogen-bond acceptors (Lipinski definition) is 4. The summed E-state index contributed by atoms with van der Waals surface area (Å²) in [6.45, 7) is 13.6. The third kappa shape index (κ3) is 10.6. The van der Waals surface area contributed by atoms with Crippen LogP contribution in [0.5, 0.6) is 0 Å². The molecule has 0 radical (unpaired) electrons. The summed E-state index contributed by atoms with van der Waals surface area (Å²) in [7, 11) is 1.54. The van der Waals surface area contributed by atoms with E-state index in [0.717, 1.165) is 0 Å². The van der Waals surface area contributed by atoms with E-state index in [1.54, 1.807) is 13.1 Å². The molecule has 20 heavy (non-hydrogen) atoms. The topological polar surface area (TPSA) is 78.8 Å². The van der Waals surface area contributed by atoms with Gasteiger partial charge < -0.3 is 20.3 Å². The molecule has 0 aromatic rings. The summed E-state index contributed by atoms with van der Waals surface area (Å²) < 4.78 is 5.23. The first-order valence-corrected chi connectivity index (χ1v) is 7.11. The smallest absolute Gasteiger partial charge is 0.325 e. The lowest BCUT2D eigenvalue weighted by Crippen LogP contribution is -2.36. The van der Waals surface area contributed by atoms with Crippen LogP contribution in [-0.2, 0) is 9.53 Å². The molecule has 1 atom stereocenters. The van der Waals surface area contributed by atoms with Crippen LogP contribution >= 0.6 is 0 Å². The molecule has 0 aromatic heterocycles. The first kappa shape index (κ1) is 23.7. The SMILES string of the molecule is C=C(/C(=C\CC)OCCO)C(NC)C(=O)O.CC.CC. The average Bonchev–Trinajstić information content (AvgIpc) is 2.47. The Balaban J connectivity index is -0.000000656. The normalized spacial score (nSPS) is 11.2. The largest absolute Gasteiger partial charge is 0.491 e. The molecule has 3 N–H and O–H groups in total. The van der Waals surface area contributed by atoms with Crippen molar-refractivity contribution in [3.8, 4) is 0 Å². The van der Waals surface area contributed by atoms with Gasteiger partial charge in [0.25, 0.3) is 0 Å². The molecule has 0 saturated heterocycles. The predicted octanol–water partition coefficient (Wildman–Crippen LogP) is 2.57. The molecular formula is C15H31NO4. The number of allylic oxidation sites excluding steroid dienone is 1. The van der Waals surface area contributed by atoms with Crippen LogP contribution in [0.25, 0.3) is 0 Å². The number of hydrogen-bond donors (Lipinski definition) is 3. The van der Waals surface area contributed by atoms with Gasteiger partial charge in [-0.15, -0.1) is 0 Å². The second-order valence-electron chi connectivity index (χ2n) is 3.13. The zero-order valence-electron chi connectivity index (χ0n) is 13.7. The summed E-state index contributed by atoms with van der Waals surface area (Å²) in [4.78, 5) is 10.9. The lowest BCUT2D eigenvalue weighted by molar-refractivity contribution is -0.138. The Morgan fingerprint density at radius 1 is 1.35 bits per heavy atom. The van der Waals surface area contributed by atoms with E-state index in [1.165, 1.54) is 0 Å². The predicted molar refractivity (Wildman–Crippen MR) is 83.7 cm³/mol. The molecule has 5 heteroatoms. The van der Waals surface area contributed by atoms with Gasteiger partial charge in [-0.1, -0.05) is 41.2 Å². The van der Waals surface area contributed by atoms with Gasteiger partial charge in [-0.3, -0.25) is 4.79 Å². The molecule has 120 valence electrons. The van der Waals surface area contributed by atoms with Crippen LogP contribution in [0.1, 0.15) is 41.0 Å². The number of rotatable bonds is 8. The highest BCUT2D eigenvalue weighted by atomic mass is 16.5. The molecule has 0 fully saturated rings. The molecule has 0 aliphatic carbocycles. The molecule has 5 nitrogen and oxygen atoms in total. The van der Waals surface area contributed by atoms with Gasteiger partial charge in [0.05, 0.1) is 6.61 Å². The summed E-state index contributed by atoms with van der Waals surface area (Å²) >= 11 is 0.